The first-order valence-corrected chi connectivity index (χ1v) is 7.75. The largest absolute Gasteiger partial charge is 0.366 e. The Morgan fingerprint density at radius 1 is 1.42 bits per heavy atom. The van der Waals surface area contributed by atoms with Gasteiger partial charge in [0.25, 0.3) is 5.91 Å². The second-order valence-corrected chi connectivity index (χ2v) is 6.17. The van der Waals surface area contributed by atoms with Crippen molar-refractivity contribution in [3.8, 4) is 0 Å². The number of hydrogen-bond acceptors (Lipinski definition) is 5. The van der Waals surface area contributed by atoms with Crippen LogP contribution >= 0.6 is 0 Å². The minimum atomic E-state index is -0.785. The fourth-order valence-electron chi connectivity index (χ4n) is 1.42. The fraction of sp³-hybridized carbons (Fsp3) is 0.583. The molecule has 0 aliphatic carbocycles. The van der Waals surface area contributed by atoms with Gasteiger partial charge in [0.1, 0.15) is 5.82 Å². The SMILES string of the molecule is CC(CCS(C)=O)Nc1ccc(C(=O)N(C)C)nn1. The molecule has 0 aliphatic heterocycles. The molecule has 1 rings (SSSR count). The zero-order valence-corrected chi connectivity index (χ0v) is 12.5. The predicted octanol–water partition coefficient (Wildman–Crippen LogP) is 0.747. The Balaban J connectivity index is 2.57. The van der Waals surface area contributed by atoms with E-state index in [1.807, 2.05) is 6.92 Å². The third-order valence-corrected chi connectivity index (χ3v) is 3.33. The highest BCUT2D eigenvalue weighted by molar-refractivity contribution is 7.84. The molecule has 1 aromatic rings. The Bertz CT molecular complexity index is 448. The topological polar surface area (TPSA) is 75.2 Å². The number of hydrogen-bond donors (Lipinski definition) is 1. The molecule has 2 atom stereocenters. The normalized spacial score (nSPS) is 13.7. The van der Waals surface area contributed by atoms with E-state index in [9.17, 15) is 9.00 Å². The molecule has 6 nitrogen and oxygen atoms in total. The lowest BCUT2D eigenvalue weighted by molar-refractivity contribution is 0.0821. The Hall–Kier alpha value is -1.50. The molecule has 19 heavy (non-hydrogen) atoms. The number of nitrogens with one attached hydrogen (secondary N) is 1. The molecule has 0 aromatic carbocycles. The van der Waals surface area contributed by atoms with Crippen molar-refractivity contribution in [3.05, 3.63) is 17.8 Å². The summed E-state index contributed by atoms with van der Waals surface area (Å²) in [5.74, 6) is 1.09. The highest BCUT2D eigenvalue weighted by Gasteiger charge is 2.10. The summed E-state index contributed by atoms with van der Waals surface area (Å²) >= 11 is 0. The Morgan fingerprint density at radius 3 is 2.58 bits per heavy atom. The lowest BCUT2D eigenvalue weighted by Gasteiger charge is -2.14. The van der Waals surface area contributed by atoms with E-state index in [0.717, 1.165) is 6.42 Å². The molecule has 0 radical (unpaired) electrons. The minimum Gasteiger partial charge on any atom is -0.366 e. The molecule has 0 saturated heterocycles. The third kappa shape index (κ3) is 5.34. The third-order valence-electron chi connectivity index (χ3n) is 2.52. The molecular weight excluding hydrogens is 264 g/mol. The summed E-state index contributed by atoms with van der Waals surface area (Å²) in [6, 6.07) is 3.53. The van der Waals surface area contributed by atoms with Crippen LogP contribution in [0.1, 0.15) is 23.8 Å². The lowest BCUT2D eigenvalue weighted by Crippen LogP contribution is -2.24. The van der Waals surface area contributed by atoms with E-state index >= 15 is 0 Å². The van der Waals surface area contributed by atoms with Gasteiger partial charge in [0, 0.05) is 42.9 Å². The molecule has 0 bridgehead atoms. The second kappa shape index (κ2) is 7.18. The quantitative estimate of drug-likeness (QED) is 0.834. The first-order chi connectivity index (χ1) is 8.90. The van der Waals surface area contributed by atoms with Crippen LogP contribution in [0.2, 0.25) is 0 Å². The summed E-state index contributed by atoms with van der Waals surface area (Å²) in [4.78, 5) is 13.1. The highest BCUT2D eigenvalue weighted by Crippen LogP contribution is 2.07. The van der Waals surface area contributed by atoms with Crippen molar-refractivity contribution < 1.29 is 9.00 Å². The number of amides is 1. The van der Waals surface area contributed by atoms with Gasteiger partial charge in [0.2, 0.25) is 0 Å². The molecule has 7 heteroatoms. The minimum absolute atomic E-state index is 0.161. The van der Waals surface area contributed by atoms with Gasteiger partial charge in [-0.2, -0.15) is 0 Å². The van der Waals surface area contributed by atoms with Crippen LogP contribution in [0, 0.1) is 0 Å². The Kier molecular flexibility index (Phi) is 5.88. The fourth-order valence-corrected chi connectivity index (χ4v) is 2.11. The molecule has 1 aromatic heterocycles. The van der Waals surface area contributed by atoms with Crippen LogP contribution < -0.4 is 5.32 Å². The average molecular weight is 284 g/mol. The summed E-state index contributed by atoms with van der Waals surface area (Å²) in [6.07, 6.45) is 2.48. The summed E-state index contributed by atoms with van der Waals surface area (Å²) in [5, 5.41) is 11.0. The number of carbonyl (C=O) groups excluding carboxylic acids is 1. The van der Waals surface area contributed by atoms with Crippen LogP contribution in [0.3, 0.4) is 0 Å². The number of carbonyl (C=O) groups is 1. The monoisotopic (exact) mass is 284 g/mol. The molecule has 1 heterocycles. The van der Waals surface area contributed by atoms with Crippen molar-refractivity contribution in [1.82, 2.24) is 15.1 Å². The summed E-state index contributed by atoms with van der Waals surface area (Å²) in [6.45, 7) is 1.99. The average Bonchev–Trinajstić information content (AvgIpc) is 2.36. The van der Waals surface area contributed by atoms with Gasteiger partial charge in [0.15, 0.2) is 5.69 Å². The van der Waals surface area contributed by atoms with Gasteiger partial charge in [-0.05, 0) is 25.5 Å². The maximum atomic E-state index is 11.6. The van der Waals surface area contributed by atoms with Gasteiger partial charge in [-0.3, -0.25) is 9.00 Å². The van der Waals surface area contributed by atoms with Crippen molar-refractivity contribution in [1.29, 1.82) is 0 Å². The van der Waals surface area contributed by atoms with Crippen molar-refractivity contribution >= 4 is 22.5 Å². The van der Waals surface area contributed by atoms with Crippen LogP contribution in [-0.4, -0.2) is 57.4 Å². The molecular formula is C12H20N4O2S. The lowest BCUT2D eigenvalue weighted by atomic mass is 10.2. The second-order valence-electron chi connectivity index (χ2n) is 4.61. The number of nitrogens with zero attached hydrogens (tertiary/aromatic N) is 3. The Morgan fingerprint density at radius 2 is 2.11 bits per heavy atom. The van der Waals surface area contributed by atoms with E-state index in [4.69, 9.17) is 0 Å². The van der Waals surface area contributed by atoms with Crippen LogP contribution in [-0.2, 0) is 10.8 Å². The van der Waals surface area contributed by atoms with E-state index in [1.165, 1.54) is 4.90 Å². The molecule has 0 saturated carbocycles. The zero-order valence-electron chi connectivity index (χ0n) is 11.7. The molecule has 1 N–H and O–H groups in total. The van der Waals surface area contributed by atoms with Crippen molar-refractivity contribution in [2.75, 3.05) is 31.4 Å². The van der Waals surface area contributed by atoms with Crippen LogP contribution in [0.5, 0.6) is 0 Å². The van der Waals surface area contributed by atoms with Crippen molar-refractivity contribution in [2.24, 2.45) is 0 Å². The van der Waals surface area contributed by atoms with Gasteiger partial charge in [0.05, 0.1) is 0 Å². The van der Waals surface area contributed by atoms with Crippen molar-refractivity contribution in [3.63, 3.8) is 0 Å². The molecule has 0 aliphatic rings. The molecule has 2 unspecified atom stereocenters. The van der Waals surface area contributed by atoms with Gasteiger partial charge in [-0.15, -0.1) is 10.2 Å². The zero-order chi connectivity index (χ0) is 14.4. The van der Waals surface area contributed by atoms with E-state index in [-0.39, 0.29) is 11.9 Å². The van der Waals surface area contributed by atoms with Crippen LogP contribution in [0.4, 0.5) is 5.82 Å². The van der Waals surface area contributed by atoms with Gasteiger partial charge in [-0.25, -0.2) is 0 Å². The van der Waals surface area contributed by atoms with Crippen LogP contribution in [0.15, 0.2) is 12.1 Å². The van der Waals surface area contributed by atoms with Gasteiger partial charge in [-0.1, -0.05) is 0 Å². The van der Waals surface area contributed by atoms with E-state index in [2.05, 4.69) is 15.5 Å². The van der Waals surface area contributed by atoms with Crippen molar-refractivity contribution in [2.45, 2.75) is 19.4 Å². The summed E-state index contributed by atoms with van der Waals surface area (Å²) in [7, 11) is 2.55. The Labute approximate surface area is 116 Å². The number of anilines is 1. The van der Waals surface area contributed by atoms with E-state index < -0.39 is 10.8 Å². The molecule has 1 amide bonds. The number of aromatic nitrogens is 2. The molecule has 106 valence electrons. The predicted molar refractivity (Wildman–Crippen MR) is 76.7 cm³/mol. The summed E-state index contributed by atoms with van der Waals surface area (Å²) in [5.41, 5.74) is 0.317. The molecule has 0 fully saturated rings. The van der Waals surface area contributed by atoms with E-state index in [0.29, 0.717) is 17.3 Å². The first kappa shape index (κ1) is 15.6. The smallest absolute Gasteiger partial charge is 0.273 e. The maximum Gasteiger partial charge on any atom is 0.273 e. The van der Waals surface area contributed by atoms with Gasteiger partial charge >= 0.3 is 0 Å². The highest BCUT2D eigenvalue weighted by atomic mass is 32.2. The maximum absolute atomic E-state index is 11.6. The first-order valence-electron chi connectivity index (χ1n) is 6.02. The van der Waals surface area contributed by atoms with E-state index in [1.54, 1.807) is 32.5 Å². The number of rotatable bonds is 6. The molecule has 0 spiro atoms. The van der Waals surface area contributed by atoms with Crippen LogP contribution in [0.25, 0.3) is 0 Å². The summed E-state index contributed by atoms with van der Waals surface area (Å²) < 4.78 is 11.0. The standard InChI is InChI=1S/C12H20N4O2S/c1-9(7-8-19(4)18)13-11-6-5-10(14-15-11)12(17)16(2)3/h5-6,9H,7-8H2,1-4H3,(H,13,15). The van der Waals surface area contributed by atoms with Gasteiger partial charge < -0.3 is 10.2 Å².